The molecule has 0 aliphatic carbocycles. The van der Waals surface area contributed by atoms with Gasteiger partial charge in [-0.25, -0.2) is 0 Å². The lowest BCUT2D eigenvalue weighted by molar-refractivity contribution is -0.160. The lowest BCUT2D eigenvalue weighted by Gasteiger charge is -2.41. The van der Waals surface area contributed by atoms with Gasteiger partial charge in [0, 0.05) is 43.7 Å². The van der Waals surface area contributed by atoms with Gasteiger partial charge in [0.25, 0.3) is 5.91 Å². The molecule has 1 aliphatic rings. The van der Waals surface area contributed by atoms with Crippen molar-refractivity contribution in [3.05, 3.63) is 90.1 Å². The Bertz CT molecular complexity index is 989. The monoisotopic (exact) mass is 433 g/mol. The van der Waals surface area contributed by atoms with Crippen molar-refractivity contribution in [3.8, 4) is 10.4 Å². The van der Waals surface area contributed by atoms with Crippen LogP contribution in [-0.2, 0) is 22.5 Å². The summed E-state index contributed by atoms with van der Waals surface area (Å²) in [7, 11) is 0. The van der Waals surface area contributed by atoms with E-state index in [0.29, 0.717) is 32.7 Å². The van der Waals surface area contributed by atoms with Gasteiger partial charge in [-0.05, 0) is 34.7 Å². The van der Waals surface area contributed by atoms with Gasteiger partial charge in [-0.3, -0.25) is 14.7 Å². The summed E-state index contributed by atoms with van der Waals surface area (Å²) in [5.41, 5.74) is 2.31. The molecule has 1 N–H and O–H groups in total. The minimum Gasteiger partial charge on any atom is -0.362 e. The summed E-state index contributed by atoms with van der Waals surface area (Å²) in [6.45, 7) is 6.61. The Hall–Kier alpha value is -2.80. The second kappa shape index (κ2) is 10.0. The van der Waals surface area contributed by atoms with E-state index in [2.05, 4.69) is 63.6 Å². The van der Waals surface area contributed by atoms with Crippen molar-refractivity contribution in [1.29, 1.82) is 0 Å². The summed E-state index contributed by atoms with van der Waals surface area (Å²) >= 11 is 1.72. The van der Waals surface area contributed by atoms with E-state index in [1.807, 2.05) is 18.2 Å². The number of ether oxygens (including phenoxy) is 1. The molecule has 1 atom stereocenters. The molecule has 1 amide bonds. The van der Waals surface area contributed by atoms with Crippen LogP contribution < -0.4 is 5.32 Å². The zero-order valence-corrected chi connectivity index (χ0v) is 18.3. The summed E-state index contributed by atoms with van der Waals surface area (Å²) in [5.74, 6) is -0.0968. The van der Waals surface area contributed by atoms with Crippen LogP contribution in [0.5, 0.6) is 0 Å². The highest BCUT2D eigenvalue weighted by Crippen LogP contribution is 2.28. The van der Waals surface area contributed by atoms with Crippen molar-refractivity contribution in [2.45, 2.75) is 18.6 Å². The normalized spacial score (nSPS) is 19.1. The van der Waals surface area contributed by atoms with E-state index in [1.165, 1.54) is 10.4 Å². The lowest BCUT2D eigenvalue weighted by Crippen LogP contribution is -2.61. The molecule has 0 bridgehead atoms. The van der Waals surface area contributed by atoms with Crippen molar-refractivity contribution < 1.29 is 9.53 Å². The van der Waals surface area contributed by atoms with E-state index < -0.39 is 5.60 Å². The molecule has 5 nitrogen and oxygen atoms in total. The van der Waals surface area contributed by atoms with Crippen LogP contribution in [0.3, 0.4) is 0 Å². The van der Waals surface area contributed by atoms with Crippen molar-refractivity contribution in [2.75, 3.05) is 26.2 Å². The maximum Gasteiger partial charge on any atom is 0.254 e. The number of benzene rings is 1. The fourth-order valence-corrected chi connectivity index (χ4v) is 4.65. The van der Waals surface area contributed by atoms with E-state index >= 15 is 0 Å². The fraction of sp³-hybridized carbons (Fsp3) is 0.280. The zero-order chi connectivity index (χ0) is 21.5. The number of pyridine rings is 1. The van der Waals surface area contributed by atoms with Gasteiger partial charge in [-0.1, -0.05) is 42.5 Å². The molecule has 1 fully saturated rings. The second-order valence-electron chi connectivity index (χ2n) is 7.72. The maximum atomic E-state index is 13.2. The fourth-order valence-electron chi connectivity index (χ4n) is 3.92. The average Bonchev–Trinajstić information content (AvgIpc) is 3.34. The van der Waals surface area contributed by atoms with E-state index in [1.54, 1.807) is 23.6 Å². The number of carbonyl (C=O) groups excluding carboxylic acids is 1. The smallest absolute Gasteiger partial charge is 0.254 e. The first-order valence-corrected chi connectivity index (χ1v) is 11.3. The van der Waals surface area contributed by atoms with Gasteiger partial charge >= 0.3 is 0 Å². The molecule has 1 saturated heterocycles. The molecule has 6 heteroatoms. The molecule has 1 aliphatic heterocycles. The van der Waals surface area contributed by atoms with E-state index in [-0.39, 0.29) is 5.91 Å². The molecule has 0 radical (unpaired) electrons. The SMILES string of the molecule is C=CCNC(=O)[C@@]1(Cc2ccc(-c3cccs3)cc2)CN(Cc2ccccn2)CCO1. The number of thiophene rings is 1. The molecular weight excluding hydrogens is 406 g/mol. The molecule has 4 rings (SSSR count). The van der Waals surface area contributed by atoms with Gasteiger partial charge < -0.3 is 10.1 Å². The number of hydrogen-bond acceptors (Lipinski definition) is 5. The summed E-state index contributed by atoms with van der Waals surface area (Å²) in [6.07, 6.45) is 4.00. The summed E-state index contributed by atoms with van der Waals surface area (Å²) in [5, 5.41) is 5.04. The summed E-state index contributed by atoms with van der Waals surface area (Å²) in [4.78, 5) is 21.1. The lowest BCUT2D eigenvalue weighted by atomic mass is 9.90. The zero-order valence-electron chi connectivity index (χ0n) is 17.5. The maximum absolute atomic E-state index is 13.2. The molecule has 0 unspecified atom stereocenters. The highest BCUT2D eigenvalue weighted by atomic mass is 32.1. The molecule has 0 spiro atoms. The van der Waals surface area contributed by atoms with E-state index in [9.17, 15) is 4.79 Å². The Morgan fingerprint density at radius 2 is 2.10 bits per heavy atom. The Morgan fingerprint density at radius 3 is 2.81 bits per heavy atom. The molecule has 2 aromatic heterocycles. The number of rotatable bonds is 8. The molecular formula is C25H27N3O2S. The third-order valence-electron chi connectivity index (χ3n) is 5.45. The van der Waals surface area contributed by atoms with Crippen LogP contribution in [0.1, 0.15) is 11.3 Å². The number of aromatic nitrogens is 1. The number of hydrogen-bond donors (Lipinski definition) is 1. The number of morpholine rings is 1. The van der Waals surface area contributed by atoms with Crippen LogP contribution in [0, 0.1) is 0 Å². The van der Waals surface area contributed by atoms with Crippen LogP contribution in [-0.4, -0.2) is 47.6 Å². The Balaban J connectivity index is 1.54. The van der Waals surface area contributed by atoms with E-state index in [4.69, 9.17) is 4.74 Å². The number of carbonyl (C=O) groups is 1. The van der Waals surface area contributed by atoms with Crippen LogP contribution >= 0.6 is 11.3 Å². The first-order chi connectivity index (χ1) is 15.2. The Morgan fingerprint density at radius 1 is 1.23 bits per heavy atom. The summed E-state index contributed by atoms with van der Waals surface area (Å²) in [6, 6.07) is 18.5. The molecule has 3 heterocycles. The predicted molar refractivity (Wildman–Crippen MR) is 125 cm³/mol. The van der Waals surface area contributed by atoms with Crippen LogP contribution in [0.25, 0.3) is 10.4 Å². The standard InChI is InChI=1S/C25H27N3O2S/c1-2-12-27-24(29)25(17-20-8-10-21(11-9-20)23-7-5-16-31-23)19-28(14-15-30-25)18-22-6-3-4-13-26-22/h2-11,13,16H,1,12,14-15,17-19H2,(H,27,29)/t25-/m1/s1. The van der Waals surface area contributed by atoms with Gasteiger partial charge in [0.15, 0.2) is 5.60 Å². The molecule has 1 aromatic carbocycles. The first-order valence-electron chi connectivity index (χ1n) is 10.5. The van der Waals surface area contributed by atoms with Crippen LogP contribution in [0.15, 0.2) is 78.8 Å². The minimum atomic E-state index is -0.944. The van der Waals surface area contributed by atoms with Crippen LogP contribution in [0.2, 0.25) is 0 Å². The second-order valence-corrected chi connectivity index (χ2v) is 8.67. The van der Waals surface area contributed by atoms with Crippen molar-refractivity contribution in [2.24, 2.45) is 0 Å². The molecule has 31 heavy (non-hydrogen) atoms. The topological polar surface area (TPSA) is 54.5 Å². The highest BCUT2D eigenvalue weighted by molar-refractivity contribution is 7.13. The number of amides is 1. The van der Waals surface area contributed by atoms with E-state index in [0.717, 1.165) is 17.8 Å². The van der Waals surface area contributed by atoms with Crippen molar-refractivity contribution in [1.82, 2.24) is 15.2 Å². The number of nitrogens with one attached hydrogen (secondary N) is 1. The quantitative estimate of drug-likeness (QED) is 0.547. The highest BCUT2D eigenvalue weighted by Gasteiger charge is 2.43. The van der Waals surface area contributed by atoms with Gasteiger partial charge in [-0.2, -0.15) is 0 Å². The average molecular weight is 434 g/mol. The van der Waals surface area contributed by atoms with Gasteiger partial charge in [0.05, 0.1) is 12.3 Å². The molecule has 160 valence electrons. The predicted octanol–water partition coefficient (Wildman–Crippen LogP) is 3.93. The molecule has 0 saturated carbocycles. The van der Waals surface area contributed by atoms with Gasteiger partial charge in [0.1, 0.15) is 0 Å². The Labute approximate surface area is 187 Å². The van der Waals surface area contributed by atoms with Crippen molar-refractivity contribution >= 4 is 17.2 Å². The summed E-state index contributed by atoms with van der Waals surface area (Å²) < 4.78 is 6.19. The van der Waals surface area contributed by atoms with Crippen molar-refractivity contribution in [3.63, 3.8) is 0 Å². The van der Waals surface area contributed by atoms with Gasteiger partial charge in [-0.15, -0.1) is 17.9 Å². The van der Waals surface area contributed by atoms with Crippen LogP contribution in [0.4, 0.5) is 0 Å². The first kappa shape index (κ1) is 21.4. The minimum absolute atomic E-state index is 0.0968. The largest absolute Gasteiger partial charge is 0.362 e. The van der Waals surface area contributed by atoms with Gasteiger partial charge in [0.2, 0.25) is 0 Å². The Kier molecular flexibility index (Phi) is 6.92. The third-order valence-corrected chi connectivity index (χ3v) is 6.37. The molecule has 3 aromatic rings. The third kappa shape index (κ3) is 5.28. The number of nitrogens with zero attached hydrogens (tertiary/aromatic N) is 2.